The molecule has 0 unspecified atom stereocenters. The van der Waals surface area contributed by atoms with Crippen LogP contribution in [0.3, 0.4) is 0 Å². The number of carbonyl (C=O) groups is 1. The molecule has 4 nitrogen and oxygen atoms in total. The number of fused-ring (bicyclic) bond motifs is 1. The molecule has 0 saturated carbocycles. The van der Waals surface area contributed by atoms with Gasteiger partial charge in [0.2, 0.25) is 0 Å². The Kier molecular flexibility index (Phi) is 3.76. The Labute approximate surface area is 138 Å². The first kappa shape index (κ1) is 13.9. The zero-order chi connectivity index (χ0) is 14.3. The number of hydrogen-bond donors (Lipinski definition) is 1. The van der Waals surface area contributed by atoms with Gasteiger partial charge in [0, 0.05) is 26.2 Å². The fraction of sp³-hybridized carbons (Fsp3) is 0.214. The standard InChI is InChI=1S/C14H11BrINO3/c15-10-3-8-1-2-20-13(8)9(4-10)6-17-7-11(16)5-12(17)14(18)19/h3-5,7H,1-2,6H2,(H,18,19). The zero-order valence-corrected chi connectivity index (χ0v) is 14.1. The molecule has 0 amide bonds. The predicted octanol–water partition coefficient (Wildman–Crippen LogP) is 3.54. The molecule has 1 aliphatic rings. The average Bonchev–Trinajstić information content (AvgIpc) is 2.95. The van der Waals surface area contributed by atoms with Crippen LogP contribution in [0.5, 0.6) is 5.75 Å². The highest BCUT2D eigenvalue weighted by atomic mass is 127. The van der Waals surface area contributed by atoms with Gasteiger partial charge in [0.25, 0.3) is 0 Å². The van der Waals surface area contributed by atoms with Crippen molar-refractivity contribution in [2.45, 2.75) is 13.0 Å². The minimum Gasteiger partial charge on any atom is -0.493 e. The second-order valence-electron chi connectivity index (χ2n) is 4.63. The van der Waals surface area contributed by atoms with Crippen molar-refractivity contribution in [3.8, 4) is 5.75 Å². The number of benzene rings is 1. The quantitative estimate of drug-likeness (QED) is 0.732. The maximum Gasteiger partial charge on any atom is 0.352 e. The highest BCUT2D eigenvalue weighted by molar-refractivity contribution is 14.1. The van der Waals surface area contributed by atoms with Gasteiger partial charge < -0.3 is 14.4 Å². The summed E-state index contributed by atoms with van der Waals surface area (Å²) in [6.45, 7) is 1.18. The molecule has 1 aromatic carbocycles. The van der Waals surface area contributed by atoms with Crippen LogP contribution in [0.4, 0.5) is 0 Å². The van der Waals surface area contributed by atoms with Gasteiger partial charge in [0.15, 0.2) is 0 Å². The Balaban J connectivity index is 2.02. The lowest BCUT2D eigenvalue weighted by Gasteiger charge is -2.11. The summed E-state index contributed by atoms with van der Waals surface area (Å²) < 4.78 is 9.33. The Morgan fingerprint density at radius 1 is 1.45 bits per heavy atom. The number of nitrogens with zero attached hydrogens (tertiary/aromatic N) is 1. The molecule has 6 heteroatoms. The summed E-state index contributed by atoms with van der Waals surface area (Å²) >= 11 is 5.62. The van der Waals surface area contributed by atoms with E-state index in [1.54, 1.807) is 10.6 Å². The fourth-order valence-corrected chi connectivity index (χ4v) is 3.62. The van der Waals surface area contributed by atoms with Crippen LogP contribution in [0.25, 0.3) is 0 Å². The smallest absolute Gasteiger partial charge is 0.352 e. The molecule has 1 aliphatic heterocycles. The van der Waals surface area contributed by atoms with E-state index in [0.29, 0.717) is 18.8 Å². The lowest BCUT2D eigenvalue weighted by atomic mass is 10.1. The highest BCUT2D eigenvalue weighted by Gasteiger charge is 2.19. The summed E-state index contributed by atoms with van der Waals surface area (Å²) in [6.07, 6.45) is 2.74. The summed E-state index contributed by atoms with van der Waals surface area (Å²) in [5.41, 5.74) is 2.47. The van der Waals surface area contributed by atoms with Gasteiger partial charge in [0.05, 0.1) is 13.2 Å². The van der Waals surface area contributed by atoms with E-state index >= 15 is 0 Å². The van der Waals surface area contributed by atoms with E-state index in [1.165, 1.54) is 5.56 Å². The summed E-state index contributed by atoms with van der Waals surface area (Å²) in [4.78, 5) is 11.3. The summed E-state index contributed by atoms with van der Waals surface area (Å²) in [5, 5.41) is 9.24. The number of carboxylic acids is 1. The first-order valence-electron chi connectivity index (χ1n) is 6.07. The highest BCUT2D eigenvalue weighted by Crippen LogP contribution is 2.33. The summed E-state index contributed by atoms with van der Waals surface area (Å²) in [7, 11) is 0. The van der Waals surface area contributed by atoms with Gasteiger partial charge in [-0.25, -0.2) is 4.79 Å². The van der Waals surface area contributed by atoms with Gasteiger partial charge in [-0.15, -0.1) is 0 Å². The van der Waals surface area contributed by atoms with Crippen LogP contribution >= 0.6 is 38.5 Å². The maximum atomic E-state index is 11.3. The number of carboxylic acid groups (broad SMARTS) is 1. The maximum absolute atomic E-state index is 11.3. The Bertz CT molecular complexity index is 696. The molecule has 3 rings (SSSR count). The van der Waals surface area contributed by atoms with E-state index in [1.807, 2.05) is 12.3 Å². The Morgan fingerprint density at radius 3 is 3.00 bits per heavy atom. The normalized spacial score (nSPS) is 13.1. The predicted molar refractivity (Wildman–Crippen MR) is 86.6 cm³/mol. The first-order chi connectivity index (χ1) is 9.54. The summed E-state index contributed by atoms with van der Waals surface area (Å²) in [5.74, 6) is -0.0197. The topological polar surface area (TPSA) is 51.5 Å². The van der Waals surface area contributed by atoms with E-state index < -0.39 is 5.97 Å². The lowest BCUT2D eigenvalue weighted by molar-refractivity contribution is 0.0685. The lowest BCUT2D eigenvalue weighted by Crippen LogP contribution is -2.09. The van der Waals surface area contributed by atoms with Gasteiger partial charge in [-0.2, -0.15) is 0 Å². The van der Waals surface area contributed by atoms with Crippen molar-refractivity contribution in [3.05, 3.63) is 49.3 Å². The van der Waals surface area contributed by atoms with Gasteiger partial charge in [-0.3, -0.25) is 0 Å². The SMILES string of the molecule is O=C(O)c1cc(I)cn1Cc1cc(Br)cc2c1OCC2. The van der Waals surface area contributed by atoms with Crippen LogP contribution in [0.15, 0.2) is 28.9 Å². The molecule has 0 spiro atoms. The number of ether oxygens (including phenoxy) is 1. The third kappa shape index (κ3) is 2.58. The molecule has 0 radical (unpaired) electrons. The van der Waals surface area contributed by atoms with E-state index in [-0.39, 0.29) is 0 Å². The van der Waals surface area contributed by atoms with Crippen molar-refractivity contribution >= 4 is 44.5 Å². The number of rotatable bonds is 3. The molecule has 1 aromatic heterocycles. The van der Waals surface area contributed by atoms with E-state index in [2.05, 4.69) is 44.6 Å². The van der Waals surface area contributed by atoms with Crippen molar-refractivity contribution in [1.82, 2.24) is 4.57 Å². The summed E-state index contributed by atoms with van der Waals surface area (Å²) in [6, 6.07) is 5.72. The van der Waals surface area contributed by atoms with Gasteiger partial charge in [-0.05, 0) is 46.4 Å². The molecule has 2 heterocycles. The molecular formula is C14H11BrINO3. The molecule has 0 atom stereocenters. The Hall–Kier alpha value is -1.02. The third-order valence-electron chi connectivity index (χ3n) is 3.25. The van der Waals surface area contributed by atoms with Crippen LogP contribution in [-0.4, -0.2) is 22.2 Å². The fourth-order valence-electron chi connectivity index (χ4n) is 2.43. The molecule has 0 aliphatic carbocycles. The Morgan fingerprint density at radius 2 is 2.25 bits per heavy atom. The molecule has 2 aromatic rings. The third-order valence-corrected chi connectivity index (χ3v) is 4.30. The van der Waals surface area contributed by atoms with Crippen molar-refractivity contribution in [2.75, 3.05) is 6.61 Å². The van der Waals surface area contributed by atoms with Crippen LogP contribution in [-0.2, 0) is 13.0 Å². The average molecular weight is 448 g/mol. The van der Waals surface area contributed by atoms with Crippen molar-refractivity contribution in [1.29, 1.82) is 0 Å². The minimum absolute atomic E-state index is 0.293. The van der Waals surface area contributed by atoms with E-state index in [0.717, 1.165) is 25.8 Å². The van der Waals surface area contributed by atoms with E-state index in [4.69, 9.17) is 4.74 Å². The van der Waals surface area contributed by atoms with Gasteiger partial charge in [0.1, 0.15) is 11.4 Å². The molecule has 0 bridgehead atoms. The first-order valence-corrected chi connectivity index (χ1v) is 7.95. The number of aromatic carboxylic acids is 1. The van der Waals surface area contributed by atoms with Crippen molar-refractivity contribution < 1.29 is 14.6 Å². The van der Waals surface area contributed by atoms with Crippen molar-refractivity contribution in [3.63, 3.8) is 0 Å². The van der Waals surface area contributed by atoms with Crippen LogP contribution < -0.4 is 4.74 Å². The monoisotopic (exact) mass is 447 g/mol. The second kappa shape index (κ2) is 5.40. The number of hydrogen-bond acceptors (Lipinski definition) is 2. The molecule has 20 heavy (non-hydrogen) atoms. The zero-order valence-electron chi connectivity index (χ0n) is 10.4. The molecular weight excluding hydrogens is 437 g/mol. The van der Waals surface area contributed by atoms with Gasteiger partial charge >= 0.3 is 5.97 Å². The van der Waals surface area contributed by atoms with Crippen molar-refractivity contribution in [2.24, 2.45) is 0 Å². The van der Waals surface area contributed by atoms with E-state index in [9.17, 15) is 9.90 Å². The number of halogens is 2. The van der Waals surface area contributed by atoms with Gasteiger partial charge in [-0.1, -0.05) is 15.9 Å². The minimum atomic E-state index is -0.916. The number of aromatic nitrogens is 1. The largest absolute Gasteiger partial charge is 0.493 e. The van der Waals surface area contributed by atoms with Crippen LogP contribution in [0.1, 0.15) is 21.6 Å². The molecule has 1 N–H and O–H groups in total. The second-order valence-corrected chi connectivity index (χ2v) is 6.79. The van der Waals surface area contributed by atoms with Crippen LogP contribution in [0, 0.1) is 3.57 Å². The molecule has 104 valence electrons. The molecule has 0 fully saturated rings. The molecule has 0 saturated heterocycles. The van der Waals surface area contributed by atoms with Crippen LogP contribution in [0.2, 0.25) is 0 Å².